The summed E-state index contributed by atoms with van der Waals surface area (Å²) in [5.41, 5.74) is 14.0. The molecule has 1 fully saturated rings. The van der Waals surface area contributed by atoms with Crippen LogP contribution < -0.4 is 10.6 Å². The van der Waals surface area contributed by atoms with Gasteiger partial charge in [-0.05, 0) is 73.7 Å². The highest BCUT2D eigenvalue weighted by molar-refractivity contribution is 5.94. The van der Waals surface area contributed by atoms with Crippen LogP contribution in [0.1, 0.15) is 29.7 Å². The van der Waals surface area contributed by atoms with E-state index in [-0.39, 0.29) is 0 Å². The molecule has 43 heavy (non-hydrogen) atoms. The second kappa shape index (κ2) is 11.8. The van der Waals surface area contributed by atoms with Gasteiger partial charge in [-0.2, -0.15) is 10.2 Å². The lowest BCUT2D eigenvalue weighted by molar-refractivity contribution is 0.252. The van der Waals surface area contributed by atoms with Gasteiger partial charge >= 0.3 is 0 Å². The van der Waals surface area contributed by atoms with Crippen LogP contribution in [0.5, 0.6) is 0 Å². The first-order chi connectivity index (χ1) is 21.1. The first kappa shape index (κ1) is 27.0. The van der Waals surface area contributed by atoms with Gasteiger partial charge in [-0.25, -0.2) is 19.5 Å². The van der Waals surface area contributed by atoms with Crippen molar-refractivity contribution in [1.29, 1.82) is 0 Å². The molecule has 10 nitrogen and oxygen atoms in total. The maximum absolute atomic E-state index is 6.45. The molecule has 7 rings (SSSR count). The molecule has 218 valence electrons. The van der Waals surface area contributed by atoms with E-state index in [0.717, 1.165) is 97.7 Å². The van der Waals surface area contributed by atoms with Gasteiger partial charge in [0.2, 0.25) is 5.95 Å². The predicted molar refractivity (Wildman–Crippen MR) is 170 cm³/mol. The van der Waals surface area contributed by atoms with Crippen molar-refractivity contribution in [3.8, 4) is 11.1 Å². The minimum atomic E-state index is 0.491. The number of piperazine rings is 1. The molecule has 0 spiro atoms. The number of fused-ring (bicyclic) bond motifs is 2. The maximum atomic E-state index is 6.45. The Kier molecular flexibility index (Phi) is 7.42. The number of nitrogens with zero attached hydrogens (tertiary/aromatic N) is 9. The third-order valence-corrected chi connectivity index (χ3v) is 8.40. The van der Waals surface area contributed by atoms with Crippen molar-refractivity contribution in [1.82, 2.24) is 39.2 Å². The zero-order valence-corrected chi connectivity index (χ0v) is 24.5. The summed E-state index contributed by atoms with van der Waals surface area (Å²) in [7, 11) is 0. The van der Waals surface area contributed by atoms with Crippen LogP contribution in [-0.2, 0) is 13.0 Å². The molecular weight excluding hydrogens is 536 g/mol. The van der Waals surface area contributed by atoms with Crippen molar-refractivity contribution in [2.75, 3.05) is 43.4 Å². The highest BCUT2D eigenvalue weighted by Gasteiger charge is 2.20. The number of rotatable bonds is 9. The van der Waals surface area contributed by atoms with Gasteiger partial charge in [0.1, 0.15) is 11.8 Å². The molecule has 1 aliphatic rings. The first-order valence-electron chi connectivity index (χ1n) is 15.0. The summed E-state index contributed by atoms with van der Waals surface area (Å²) in [6.45, 7) is 7.95. The number of aryl methyl sites for hydroxylation is 2. The van der Waals surface area contributed by atoms with Crippen molar-refractivity contribution < 1.29 is 0 Å². The van der Waals surface area contributed by atoms with Crippen LogP contribution in [0.2, 0.25) is 0 Å². The van der Waals surface area contributed by atoms with Crippen molar-refractivity contribution in [3.05, 3.63) is 96.3 Å². The lowest BCUT2D eigenvalue weighted by atomic mass is 9.99. The van der Waals surface area contributed by atoms with E-state index in [4.69, 9.17) is 10.8 Å². The van der Waals surface area contributed by atoms with Crippen LogP contribution in [0.4, 0.5) is 11.8 Å². The number of unbranched alkanes of at least 4 members (excludes halogenated alkanes) is 1. The van der Waals surface area contributed by atoms with Crippen LogP contribution >= 0.6 is 0 Å². The van der Waals surface area contributed by atoms with E-state index in [2.05, 4.69) is 85.4 Å². The van der Waals surface area contributed by atoms with Gasteiger partial charge in [-0.15, -0.1) is 0 Å². The third-order valence-electron chi connectivity index (χ3n) is 8.40. The smallest absolute Gasteiger partial charge is 0.225 e. The Morgan fingerprint density at radius 3 is 2.49 bits per heavy atom. The number of hydrogen-bond acceptors (Lipinski definition) is 8. The Bertz CT molecular complexity index is 1840. The fourth-order valence-corrected chi connectivity index (χ4v) is 6.16. The van der Waals surface area contributed by atoms with Crippen molar-refractivity contribution in [3.63, 3.8) is 0 Å². The summed E-state index contributed by atoms with van der Waals surface area (Å²) in [4.78, 5) is 17.9. The average Bonchev–Trinajstić information content (AvgIpc) is 3.61. The monoisotopic (exact) mass is 572 g/mol. The SMILES string of the molecule is Cc1cc2cn(Cc3ccccc3)nc2cc1-c1cc(CCCCN2CCN(c3ncccn3)CC2)n2ncnc(N)c12. The normalized spacial score (nSPS) is 14.2. The molecule has 2 aromatic carbocycles. The minimum absolute atomic E-state index is 0.491. The van der Waals surface area contributed by atoms with Gasteiger partial charge in [-0.1, -0.05) is 30.3 Å². The number of aromatic nitrogens is 7. The number of hydrogen-bond donors (Lipinski definition) is 1. The molecule has 10 heteroatoms. The van der Waals surface area contributed by atoms with Crippen molar-refractivity contribution in [2.24, 2.45) is 0 Å². The highest BCUT2D eigenvalue weighted by atomic mass is 15.3. The third kappa shape index (κ3) is 5.65. The number of benzene rings is 2. The Balaban J connectivity index is 1.06. The summed E-state index contributed by atoms with van der Waals surface area (Å²) in [5, 5.41) is 10.6. The van der Waals surface area contributed by atoms with Crippen molar-refractivity contribution >= 4 is 28.2 Å². The van der Waals surface area contributed by atoms with E-state index in [1.54, 1.807) is 6.33 Å². The molecular formula is C33H36N10. The average molecular weight is 573 g/mol. The Hall–Kier alpha value is -4.83. The molecule has 1 saturated heterocycles. The van der Waals surface area contributed by atoms with Gasteiger partial charge in [0.15, 0.2) is 5.82 Å². The van der Waals surface area contributed by atoms with Gasteiger partial charge < -0.3 is 10.6 Å². The van der Waals surface area contributed by atoms with Crippen LogP contribution in [0.25, 0.3) is 27.5 Å². The lowest BCUT2D eigenvalue weighted by Gasteiger charge is -2.34. The second-order valence-corrected chi connectivity index (χ2v) is 11.3. The number of nitrogen functional groups attached to an aromatic ring is 1. The van der Waals surface area contributed by atoms with E-state index in [0.29, 0.717) is 5.82 Å². The van der Waals surface area contributed by atoms with Gasteiger partial charge in [0.25, 0.3) is 0 Å². The summed E-state index contributed by atoms with van der Waals surface area (Å²) >= 11 is 0. The maximum Gasteiger partial charge on any atom is 0.225 e. The molecule has 0 radical (unpaired) electrons. The van der Waals surface area contributed by atoms with Crippen molar-refractivity contribution in [2.45, 2.75) is 32.7 Å². The van der Waals surface area contributed by atoms with Crippen LogP contribution in [0.15, 0.2) is 79.5 Å². The minimum Gasteiger partial charge on any atom is -0.382 e. The van der Waals surface area contributed by atoms with Crippen LogP contribution in [0, 0.1) is 6.92 Å². The summed E-state index contributed by atoms with van der Waals surface area (Å²) in [6.07, 6.45) is 10.4. The topological polar surface area (TPSA) is 106 Å². The van der Waals surface area contributed by atoms with Gasteiger partial charge in [0.05, 0.1) is 12.1 Å². The van der Waals surface area contributed by atoms with Gasteiger partial charge in [-0.3, -0.25) is 9.58 Å². The van der Waals surface area contributed by atoms with E-state index < -0.39 is 0 Å². The number of anilines is 2. The number of nitrogens with two attached hydrogens (primary N) is 1. The first-order valence-corrected chi connectivity index (χ1v) is 15.0. The van der Waals surface area contributed by atoms with E-state index >= 15 is 0 Å². The fourth-order valence-electron chi connectivity index (χ4n) is 6.16. The molecule has 0 saturated carbocycles. The largest absolute Gasteiger partial charge is 0.382 e. The Morgan fingerprint density at radius 1 is 0.860 bits per heavy atom. The molecule has 1 aliphatic heterocycles. The summed E-state index contributed by atoms with van der Waals surface area (Å²) in [6, 6.07) is 18.9. The highest BCUT2D eigenvalue weighted by Crippen LogP contribution is 2.35. The molecule has 4 aromatic heterocycles. The quantitative estimate of drug-likeness (QED) is 0.250. The standard InChI is InChI=1S/C33H36N10/c1-24-18-26-22-42(21-25-8-3-2-4-9-25)39-30(26)20-28(24)29-19-27(43-31(29)32(34)37-23-38-43)10-5-6-13-40-14-16-41(17-15-40)33-35-11-7-12-36-33/h2-4,7-9,11-12,18-20,22-23H,5-6,10,13-17,21H2,1H3,(H2,34,37,38). The van der Waals surface area contributed by atoms with E-state index in [1.807, 2.05) is 33.7 Å². The fraction of sp³-hybridized carbons (Fsp3) is 0.303. The molecule has 0 bridgehead atoms. The zero-order valence-electron chi connectivity index (χ0n) is 24.5. The lowest BCUT2D eigenvalue weighted by Crippen LogP contribution is -2.47. The summed E-state index contributed by atoms with van der Waals surface area (Å²) in [5.74, 6) is 1.32. The molecule has 0 amide bonds. The van der Waals surface area contributed by atoms with E-state index in [1.165, 1.54) is 11.1 Å². The van der Waals surface area contributed by atoms with Crippen LogP contribution in [0.3, 0.4) is 0 Å². The molecule has 0 unspecified atom stereocenters. The van der Waals surface area contributed by atoms with E-state index in [9.17, 15) is 0 Å². The summed E-state index contributed by atoms with van der Waals surface area (Å²) < 4.78 is 3.99. The van der Waals surface area contributed by atoms with Gasteiger partial charge in [0, 0.05) is 61.4 Å². The molecule has 5 heterocycles. The molecule has 0 aliphatic carbocycles. The Morgan fingerprint density at radius 2 is 1.67 bits per heavy atom. The second-order valence-electron chi connectivity index (χ2n) is 11.3. The predicted octanol–water partition coefficient (Wildman–Crippen LogP) is 4.62. The van der Waals surface area contributed by atoms with Crippen LogP contribution in [-0.4, -0.2) is 72.0 Å². The molecule has 2 N–H and O–H groups in total. The zero-order chi connectivity index (χ0) is 29.2. The Labute approximate surface area is 250 Å². The molecule has 0 atom stereocenters. The molecule has 6 aromatic rings.